The largest absolute Gasteiger partial charge is 0.251 e. The van der Waals surface area contributed by atoms with Gasteiger partial charge in [0.05, 0.1) is 6.20 Å². The molecule has 2 rings (SSSR count). The Balaban J connectivity index is 2.41. The summed E-state index contributed by atoms with van der Waals surface area (Å²) >= 11 is 1.26. The molecule has 0 spiro atoms. The van der Waals surface area contributed by atoms with Gasteiger partial charge < -0.3 is 0 Å². The van der Waals surface area contributed by atoms with Crippen molar-refractivity contribution in [3.63, 3.8) is 0 Å². The number of aromatic nitrogens is 3. The second-order valence-electron chi connectivity index (χ2n) is 2.51. The third-order valence-electron chi connectivity index (χ3n) is 1.47. The van der Waals surface area contributed by atoms with Crippen LogP contribution in [0.25, 0.3) is 10.7 Å². The molecule has 3 nitrogen and oxygen atoms in total. The Labute approximate surface area is 78.5 Å². The summed E-state index contributed by atoms with van der Waals surface area (Å²) in [7, 11) is 0. The number of halogens is 1. The van der Waals surface area contributed by atoms with Gasteiger partial charge in [0.15, 0.2) is 5.01 Å². The standard InChI is InChI=1S/C8H6FN3S/c1-5-11-8(13-12-5)7-3-2-6(9)4-10-7/h2-4H,1H3. The number of nitrogens with zero attached hydrogens (tertiary/aromatic N) is 3. The van der Waals surface area contributed by atoms with Gasteiger partial charge in [0.2, 0.25) is 0 Å². The van der Waals surface area contributed by atoms with Gasteiger partial charge in [-0.3, -0.25) is 4.98 Å². The van der Waals surface area contributed by atoms with E-state index in [1.54, 1.807) is 6.07 Å². The first kappa shape index (κ1) is 8.25. The summed E-state index contributed by atoms with van der Waals surface area (Å²) < 4.78 is 16.5. The molecule has 2 heterocycles. The first-order valence-electron chi connectivity index (χ1n) is 3.68. The molecule has 2 aromatic heterocycles. The van der Waals surface area contributed by atoms with E-state index in [4.69, 9.17) is 0 Å². The topological polar surface area (TPSA) is 38.7 Å². The second-order valence-corrected chi connectivity index (χ2v) is 3.26. The first-order valence-corrected chi connectivity index (χ1v) is 4.45. The molecule has 0 N–H and O–H groups in total. The first-order chi connectivity index (χ1) is 6.25. The van der Waals surface area contributed by atoms with E-state index in [-0.39, 0.29) is 5.82 Å². The Morgan fingerprint density at radius 2 is 2.23 bits per heavy atom. The minimum Gasteiger partial charge on any atom is -0.251 e. The van der Waals surface area contributed by atoms with Gasteiger partial charge in [-0.1, -0.05) is 0 Å². The lowest BCUT2D eigenvalue weighted by Gasteiger charge is -1.92. The fraction of sp³-hybridized carbons (Fsp3) is 0.125. The molecule has 0 bridgehead atoms. The van der Waals surface area contributed by atoms with E-state index in [1.807, 2.05) is 6.92 Å². The molecule has 0 aliphatic rings. The Kier molecular flexibility index (Phi) is 2.02. The summed E-state index contributed by atoms with van der Waals surface area (Å²) in [5.74, 6) is 0.371. The molecule has 0 amide bonds. The van der Waals surface area contributed by atoms with Crippen molar-refractivity contribution in [2.24, 2.45) is 0 Å². The van der Waals surface area contributed by atoms with Crippen molar-refractivity contribution in [3.05, 3.63) is 30.0 Å². The Morgan fingerprint density at radius 1 is 1.38 bits per heavy atom. The van der Waals surface area contributed by atoms with E-state index in [1.165, 1.54) is 23.8 Å². The molecular formula is C8H6FN3S. The van der Waals surface area contributed by atoms with Gasteiger partial charge in [-0.15, -0.1) is 0 Å². The molecule has 0 radical (unpaired) electrons. The zero-order valence-corrected chi connectivity index (χ0v) is 7.68. The van der Waals surface area contributed by atoms with Crippen LogP contribution in [0, 0.1) is 12.7 Å². The molecule has 0 atom stereocenters. The predicted molar refractivity (Wildman–Crippen MR) is 47.8 cm³/mol. The van der Waals surface area contributed by atoms with E-state index in [0.29, 0.717) is 11.5 Å². The van der Waals surface area contributed by atoms with Gasteiger partial charge in [-0.25, -0.2) is 9.37 Å². The average molecular weight is 195 g/mol. The SMILES string of the molecule is Cc1nsc(-c2ccc(F)cn2)n1. The van der Waals surface area contributed by atoms with Crippen molar-refractivity contribution in [1.82, 2.24) is 14.3 Å². The molecule has 5 heteroatoms. The van der Waals surface area contributed by atoms with Crippen LogP contribution in [-0.4, -0.2) is 14.3 Å². The molecule has 0 fully saturated rings. The molecule has 0 unspecified atom stereocenters. The van der Waals surface area contributed by atoms with Crippen molar-refractivity contribution >= 4 is 11.5 Å². The summed E-state index contributed by atoms with van der Waals surface area (Å²) in [4.78, 5) is 8.03. The zero-order chi connectivity index (χ0) is 9.26. The summed E-state index contributed by atoms with van der Waals surface area (Å²) in [6, 6.07) is 2.95. The van der Waals surface area contributed by atoms with Crippen LogP contribution < -0.4 is 0 Å². The second kappa shape index (κ2) is 3.18. The minimum absolute atomic E-state index is 0.343. The van der Waals surface area contributed by atoms with Crippen LogP contribution in [-0.2, 0) is 0 Å². The van der Waals surface area contributed by atoms with Crippen LogP contribution in [0.15, 0.2) is 18.3 Å². The molecule has 0 aromatic carbocycles. The molecular weight excluding hydrogens is 189 g/mol. The summed E-state index contributed by atoms with van der Waals surface area (Å²) in [6.45, 7) is 1.81. The van der Waals surface area contributed by atoms with E-state index in [9.17, 15) is 4.39 Å². The maximum absolute atomic E-state index is 12.5. The van der Waals surface area contributed by atoms with Gasteiger partial charge in [0.25, 0.3) is 0 Å². The molecule has 0 saturated carbocycles. The molecule has 66 valence electrons. The van der Waals surface area contributed by atoms with Gasteiger partial charge in [-0.2, -0.15) is 4.37 Å². The number of aryl methyl sites for hydroxylation is 1. The highest BCUT2D eigenvalue weighted by Crippen LogP contribution is 2.18. The van der Waals surface area contributed by atoms with E-state index < -0.39 is 0 Å². The Morgan fingerprint density at radius 3 is 2.77 bits per heavy atom. The van der Waals surface area contributed by atoms with Gasteiger partial charge in [-0.05, 0) is 30.6 Å². The zero-order valence-electron chi connectivity index (χ0n) is 6.86. The highest BCUT2D eigenvalue weighted by molar-refractivity contribution is 7.09. The number of rotatable bonds is 1. The molecule has 0 aliphatic carbocycles. The van der Waals surface area contributed by atoms with Gasteiger partial charge in [0, 0.05) is 0 Å². The smallest absolute Gasteiger partial charge is 0.162 e. The Bertz CT molecular complexity index is 410. The third-order valence-corrected chi connectivity index (χ3v) is 2.30. The van der Waals surface area contributed by atoms with Crippen LogP contribution in [0.5, 0.6) is 0 Å². The number of hydrogen-bond donors (Lipinski definition) is 0. The monoisotopic (exact) mass is 195 g/mol. The predicted octanol–water partition coefficient (Wildman–Crippen LogP) is 2.05. The lowest BCUT2D eigenvalue weighted by Crippen LogP contribution is -1.83. The lowest BCUT2D eigenvalue weighted by molar-refractivity contribution is 0.622. The minimum atomic E-state index is -0.343. The van der Waals surface area contributed by atoms with Crippen LogP contribution in [0.3, 0.4) is 0 Å². The molecule has 0 saturated heterocycles. The van der Waals surface area contributed by atoms with E-state index in [2.05, 4.69) is 14.3 Å². The highest BCUT2D eigenvalue weighted by Gasteiger charge is 2.04. The van der Waals surface area contributed by atoms with Crippen molar-refractivity contribution in [1.29, 1.82) is 0 Å². The van der Waals surface area contributed by atoms with Crippen molar-refractivity contribution in [2.75, 3.05) is 0 Å². The quantitative estimate of drug-likeness (QED) is 0.699. The summed E-state index contributed by atoms with van der Waals surface area (Å²) in [6.07, 6.45) is 1.17. The van der Waals surface area contributed by atoms with Crippen molar-refractivity contribution < 1.29 is 4.39 Å². The van der Waals surface area contributed by atoms with Gasteiger partial charge >= 0.3 is 0 Å². The van der Waals surface area contributed by atoms with Crippen molar-refractivity contribution in [2.45, 2.75) is 6.92 Å². The van der Waals surface area contributed by atoms with Crippen LogP contribution in [0.4, 0.5) is 4.39 Å². The maximum atomic E-state index is 12.5. The van der Waals surface area contributed by atoms with Crippen LogP contribution >= 0.6 is 11.5 Å². The number of hydrogen-bond acceptors (Lipinski definition) is 4. The van der Waals surface area contributed by atoms with Crippen LogP contribution in [0.2, 0.25) is 0 Å². The molecule has 2 aromatic rings. The summed E-state index contributed by atoms with van der Waals surface area (Å²) in [5, 5.41) is 0.720. The van der Waals surface area contributed by atoms with E-state index >= 15 is 0 Å². The number of pyridine rings is 1. The third kappa shape index (κ3) is 1.70. The lowest BCUT2D eigenvalue weighted by atomic mass is 10.3. The van der Waals surface area contributed by atoms with E-state index in [0.717, 1.165) is 5.01 Å². The molecule has 0 aliphatic heterocycles. The fourth-order valence-corrected chi connectivity index (χ4v) is 1.55. The molecule has 13 heavy (non-hydrogen) atoms. The normalized spacial score (nSPS) is 10.3. The average Bonchev–Trinajstić information content (AvgIpc) is 2.53. The van der Waals surface area contributed by atoms with Crippen LogP contribution in [0.1, 0.15) is 5.82 Å². The fourth-order valence-electron chi connectivity index (χ4n) is 0.903. The summed E-state index contributed by atoms with van der Waals surface area (Å²) in [5.41, 5.74) is 0.659. The van der Waals surface area contributed by atoms with Gasteiger partial charge in [0.1, 0.15) is 17.3 Å². The highest BCUT2D eigenvalue weighted by atomic mass is 32.1. The maximum Gasteiger partial charge on any atom is 0.162 e. The van der Waals surface area contributed by atoms with Crippen molar-refractivity contribution in [3.8, 4) is 10.7 Å². The Hall–Kier alpha value is -1.36.